The molecule has 3 rings (SSSR count). The smallest absolute Gasteiger partial charge is 0.343 e. The number of benzene rings is 3. The summed E-state index contributed by atoms with van der Waals surface area (Å²) in [5.41, 5.74) is 0.373. The summed E-state index contributed by atoms with van der Waals surface area (Å²) in [7, 11) is 0. The van der Waals surface area contributed by atoms with Crippen molar-refractivity contribution in [2.75, 3.05) is 40.0 Å². The van der Waals surface area contributed by atoms with E-state index in [1.807, 2.05) is 12.1 Å². The first-order valence-electron chi connectivity index (χ1n) is 13.7. The van der Waals surface area contributed by atoms with Gasteiger partial charge in [0.25, 0.3) is 0 Å². The van der Waals surface area contributed by atoms with E-state index in [-0.39, 0.29) is 20.2 Å². The van der Waals surface area contributed by atoms with E-state index in [1.165, 1.54) is 6.26 Å². The van der Waals surface area contributed by atoms with Gasteiger partial charge in [-0.15, -0.1) is 0 Å². The van der Waals surface area contributed by atoms with Gasteiger partial charge in [-0.3, -0.25) is 0 Å². The lowest BCUT2D eigenvalue weighted by atomic mass is 10.2. The van der Waals surface area contributed by atoms with Crippen molar-refractivity contribution in [1.82, 2.24) is 0 Å². The van der Waals surface area contributed by atoms with E-state index in [4.69, 9.17) is 37.9 Å². The summed E-state index contributed by atoms with van der Waals surface area (Å²) < 4.78 is 43.0. The Morgan fingerprint density at radius 3 is 1.67 bits per heavy atom. The summed E-state index contributed by atoms with van der Waals surface area (Å²) >= 11 is 0. The molecule has 0 aromatic heterocycles. The van der Waals surface area contributed by atoms with Crippen molar-refractivity contribution in [3.8, 4) is 28.7 Å². The van der Waals surface area contributed by atoms with E-state index in [2.05, 4.69) is 13.2 Å². The van der Waals surface area contributed by atoms with E-state index in [0.29, 0.717) is 54.8 Å². The number of ether oxygens (including phenoxy) is 8. The van der Waals surface area contributed by atoms with E-state index in [0.717, 1.165) is 24.7 Å². The topological polar surface area (TPSA) is 108 Å². The Morgan fingerprint density at radius 2 is 1.09 bits per heavy atom. The molecule has 0 amide bonds. The van der Waals surface area contributed by atoms with E-state index >= 15 is 0 Å². The maximum atomic E-state index is 12.5. The normalized spacial score (nSPS) is 10.2. The maximum Gasteiger partial charge on any atom is 0.343 e. The lowest BCUT2D eigenvalue weighted by molar-refractivity contribution is -0.137. The molecule has 0 aliphatic carbocycles. The van der Waals surface area contributed by atoms with Crippen LogP contribution in [0.5, 0.6) is 28.7 Å². The van der Waals surface area contributed by atoms with Crippen molar-refractivity contribution >= 4 is 11.9 Å². The van der Waals surface area contributed by atoms with Crippen molar-refractivity contribution in [3.05, 3.63) is 104 Å². The molecule has 0 unspecified atom stereocenters. The molecule has 43 heavy (non-hydrogen) atoms. The zero-order valence-corrected chi connectivity index (χ0v) is 23.9. The Kier molecular flexibility index (Phi) is 14.5. The average molecular weight is 593 g/mol. The molecule has 0 radical (unpaired) electrons. The molecule has 0 bridgehead atoms. The molecule has 0 spiro atoms. The highest BCUT2D eigenvalue weighted by molar-refractivity contribution is 5.91. The van der Waals surface area contributed by atoms with Crippen LogP contribution in [0.2, 0.25) is 0 Å². The minimum Gasteiger partial charge on any atom is -0.494 e. The molecular formula is C33H36O10. The highest BCUT2D eigenvalue weighted by Gasteiger charge is 2.09. The SMILES string of the molecule is C=COCOCCCCOc1ccc(OCOc2ccc(OC(=O)c3ccc(OCCCOC(=O)C=C)cc3)cc2)cc1. The number of carbonyl (C=O) groups is 2. The van der Waals surface area contributed by atoms with Crippen LogP contribution in [0.4, 0.5) is 0 Å². The number of carbonyl (C=O) groups excluding carboxylic acids is 2. The maximum absolute atomic E-state index is 12.5. The van der Waals surface area contributed by atoms with Crippen molar-refractivity contribution in [3.63, 3.8) is 0 Å². The van der Waals surface area contributed by atoms with Crippen LogP contribution in [0.25, 0.3) is 0 Å². The number of hydrogen-bond donors (Lipinski definition) is 0. The largest absolute Gasteiger partial charge is 0.494 e. The molecule has 228 valence electrons. The zero-order valence-electron chi connectivity index (χ0n) is 23.9. The Morgan fingerprint density at radius 1 is 0.581 bits per heavy atom. The molecule has 0 saturated carbocycles. The van der Waals surface area contributed by atoms with Crippen molar-refractivity contribution < 1.29 is 47.5 Å². The molecule has 0 aliphatic heterocycles. The van der Waals surface area contributed by atoms with Crippen LogP contribution in [0, 0.1) is 0 Å². The van der Waals surface area contributed by atoms with Gasteiger partial charge in [-0.1, -0.05) is 13.2 Å². The first-order valence-corrected chi connectivity index (χ1v) is 13.7. The highest BCUT2D eigenvalue weighted by atomic mass is 16.7. The monoisotopic (exact) mass is 592 g/mol. The molecule has 0 fully saturated rings. The van der Waals surface area contributed by atoms with Gasteiger partial charge in [0.2, 0.25) is 6.79 Å². The van der Waals surface area contributed by atoms with Crippen LogP contribution in [-0.4, -0.2) is 52.0 Å². The quantitative estimate of drug-likeness (QED) is 0.0359. The van der Waals surface area contributed by atoms with Gasteiger partial charge in [0.1, 0.15) is 28.7 Å². The van der Waals surface area contributed by atoms with Gasteiger partial charge < -0.3 is 37.9 Å². The molecule has 0 atom stereocenters. The van der Waals surface area contributed by atoms with Gasteiger partial charge in [-0.05, 0) is 85.6 Å². The molecule has 10 nitrogen and oxygen atoms in total. The summed E-state index contributed by atoms with van der Waals surface area (Å²) in [5.74, 6) is 1.93. The van der Waals surface area contributed by atoms with Crippen LogP contribution >= 0.6 is 0 Å². The van der Waals surface area contributed by atoms with Crippen molar-refractivity contribution in [2.45, 2.75) is 19.3 Å². The molecule has 3 aromatic rings. The van der Waals surface area contributed by atoms with Gasteiger partial charge in [0, 0.05) is 12.5 Å². The molecular weight excluding hydrogens is 556 g/mol. The summed E-state index contributed by atoms with van der Waals surface area (Å²) in [6.07, 6.45) is 4.72. The molecule has 0 heterocycles. The fourth-order valence-electron chi connectivity index (χ4n) is 3.39. The molecule has 0 saturated heterocycles. The number of esters is 2. The summed E-state index contributed by atoms with van der Waals surface area (Å²) in [4.78, 5) is 23.5. The van der Waals surface area contributed by atoms with Gasteiger partial charge in [-0.2, -0.15) is 0 Å². The number of rotatable bonds is 21. The fraction of sp³-hybridized carbons (Fsp3) is 0.273. The van der Waals surface area contributed by atoms with Gasteiger partial charge in [0.15, 0.2) is 6.79 Å². The molecule has 3 aromatic carbocycles. The second kappa shape index (κ2) is 19.2. The number of hydrogen-bond acceptors (Lipinski definition) is 10. The fourth-order valence-corrected chi connectivity index (χ4v) is 3.39. The van der Waals surface area contributed by atoms with Gasteiger partial charge >= 0.3 is 11.9 Å². The van der Waals surface area contributed by atoms with Gasteiger partial charge in [-0.25, -0.2) is 9.59 Å². The standard InChI is InChI=1S/C33H36O10/c1-3-32(34)40-23-7-22-39-27-10-8-26(9-11-27)33(35)43-31-18-16-30(17-19-31)42-25-41-29-14-12-28(13-15-29)38-21-6-5-20-37-24-36-4-2/h3-4,8-19H,1-2,5-7,20-25H2. The Labute approximate surface area is 251 Å². The van der Waals surface area contributed by atoms with Crippen LogP contribution in [0.1, 0.15) is 29.6 Å². The minimum absolute atomic E-state index is 0.00327. The second-order valence-electron chi connectivity index (χ2n) is 8.75. The van der Waals surface area contributed by atoms with Crippen LogP contribution in [0.3, 0.4) is 0 Å². The van der Waals surface area contributed by atoms with Crippen LogP contribution in [-0.2, 0) is 19.0 Å². The second-order valence-corrected chi connectivity index (χ2v) is 8.75. The van der Waals surface area contributed by atoms with E-state index in [1.54, 1.807) is 60.7 Å². The first kappa shape index (κ1) is 32.6. The zero-order chi connectivity index (χ0) is 30.5. The van der Waals surface area contributed by atoms with Gasteiger partial charge in [0.05, 0.1) is 38.3 Å². The molecule has 10 heteroatoms. The third-order valence-electron chi connectivity index (χ3n) is 5.59. The lowest BCUT2D eigenvalue weighted by Gasteiger charge is -2.11. The Hall–Kier alpha value is -4.96. The lowest BCUT2D eigenvalue weighted by Crippen LogP contribution is -2.09. The first-order chi connectivity index (χ1) is 21.1. The van der Waals surface area contributed by atoms with Crippen LogP contribution in [0.15, 0.2) is 98.3 Å². The summed E-state index contributed by atoms with van der Waals surface area (Å²) in [6, 6.07) is 20.5. The van der Waals surface area contributed by atoms with Crippen LogP contribution < -0.4 is 23.7 Å². The minimum atomic E-state index is -0.504. The predicted octanol–water partition coefficient (Wildman–Crippen LogP) is 6.11. The Bertz CT molecular complexity index is 1250. The third kappa shape index (κ3) is 13.0. The summed E-state index contributed by atoms with van der Waals surface area (Å²) in [6.45, 7) is 8.79. The highest BCUT2D eigenvalue weighted by Crippen LogP contribution is 2.21. The molecule has 0 aliphatic rings. The van der Waals surface area contributed by atoms with Crippen molar-refractivity contribution in [2.24, 2.45) is 0 Å². The van der Waals surface area contributed by atoms with Crippen molar-refractivity contribution in [1.29, 1.82) is 0 Å². The average Bonchev–Trinajstić information content (AvgIpc) is 3.04. The third-order valence-corrected chi connectivity index (χ3v) is 5.59. The Balaban J connectivity index is 1.30. The molecule has 0 N–H and O–H groups in total. The number of unbranched alkanes of at least 4 members (excludes halogenated alkanes) is 1. The van der Waals surface area contributed by atoms with E-state index < -0.39 is 11.9 Å². The predicted molar refractivity (Wildman–Crippen MR) is 159 cm³/mol. The summed E-state index contributed by atoms with van der Waals surface area (Å²) in [5, 5.41) is 0. The van der Waals surface area contributed by atoms with E-state index in [9.17, 15) is 9.59 Å².